The molecule has 2 nitrogen and oxygen atoms in total. The largest absolute Gasteiger partial charge is 0.345 e. The molecule has 0 amide bonds. The van der Waals surface area contributed by atoms with Crippen LogP contribution in [-0.2, 0) is 0 Å². The minimum Gasteiger partial charge on any atom is -0.345 e. The third kappa shape index (κ3) is 2.85. The highest BCUT2D eigenvalue weighted by Crippen LogP contribution is 2.16. The lowest BCUT2D eigenvalue weighted by Crippen LogP contribution is -2.30. The molecule has 0 aromatic carbocycles. The van der Waals surface area contributed by atoms with Crippen LogP contribution < -0.4 is 0 Å². The summed E-state index contributed by atoms with van der Waals surface area (Å²) in [4.78, 5) is 2.48. The average molecular weight is 208 g/mol. The number of nitrogens with zero attached hydrogens (tertiary/aromatic N) is 2. The van der Waals surface area contributed by atoms with Crippen LogP contribution in [0.25, 0.3) is 0 Å². The van der Waals surface area contributed by atoms with Crippen molar-refractivity contribution in [3.8, 4) is 0 Å². The van der Waals surface area contributed by atoms with Crippen LogP contribution >= 0.6 is 0 Å². The molecular weight excluding hydrogens is 184 g/mol. The second-order valence-electron chi connectivity index (χ2n) is 4.32. The summed E-state index contributed by atoms with van der Waals surface area (Å²) < 4.78 is 2.43. The second-order valence-corrected chi connectivity index (χ2v) is 4.32. The van der Waals surface area contributed by atoms with Crippen LogP contribution in [0.1, 0.15) is 38.2 Å². The van der Waals surface area contributed by atoms with E-state index in [9.17, 15) is 0 Å². The van der Waals surface area contributed by atoms with Crippen molar-refractivity contribution < 1.29 is 0 Å². The Morgan fingerprint density at radius 3 is 2.00 bits per heavy atom. The number of likely N-dealkylation sites (N-methyl/N-ethyl adjacent to an activating group) is 1. The molecule has 0 N–H and O–H groups in total. The summed E-state index contributed by atoms with van der Waals surface area (Å²) in [7, 11) is 0. The van der Waals surface area contributed by atoms with Gasteiger partial charge >= 0.3 is 0 Å². The summed E-state index contributed by atoms with van der Waals surface area (Å²) in [6.07, 6.45) is 0. The van der Waals surface area contributed by atoms with Gasteiger partial charge in [-0.1, -0.05) is 13.8 Å². The summed E-state index contributed by atoms with van der Waals surface area (Å²) in [6.45, 7) is 14.6. The molecule has 0 fully saturated rings. The fraction of sp³-hybridized carbons (Fsp3) is 0.692. The number of aromatic nitrogens is 1. The van der Waals surface area contributed by atoms with Crippen LogP contribution in [0.4, 0.5) is 0 Å². The molecule has 0 aliphatic heterocycles. The van der Waals surface area contributed by atoms with Crippen molar-refractivity contribution in [2.75, 3.05) is 19.6 Å². The van der Waals surface area contributed by atoms with Crippen molar-refractivity contribution in [2.24, 2.45) is 0 Å². The van der Waals surface area contributed by atoms with E-state index < -0.39 is 0 Å². The average Bonchev–Trinajstić information content (AvgIpc) is 2.55. The molecule has 0 aliphatic carbocycles. The standard InChI is InChI=1S/C13H24N2/c1-6-14(7-2)10-13(5)15-11(3)8-9-12(15)4/h8-9,13H,6-7,10H2,1-5H3. The lowest BCUT2D eigenvalue weighted by atomic mass is 10.2. The molecule has 1 heterocycles. The van der Waals surface area contributed by atoms with Gasteiger partial charge in [0.15, 0.2) is 0 Å². The summed E-state index contributed by atoms with van der Waals surface area (Å²) in [5, 5.41) is 0. The smallest absolute Gasteiger partial charge is 0.0434 e. The Bertz CT molecular complexity index is 278. The minimum atomic E-state index is 0.569. The first kappa shape index (κ1) is 12.3. The van der Waals surface area contributed by atoms with E-state index in [-0.39, 0.29) is 0 Å². The van der Waals surface area contributed by atoms with E-state index in [0.29, 0.717) is 6.04 Å². The maximum Gasteiger partial charge on any atom is 0.0434 e. The predicted molar refractivity (Wildman–Crippen MR) is 66.4 cm³/mol. The molecule has 2 heteroatoms. The molecule has 1 atom stereocenters. The van der Waals surface area contributed by atoms with E-state index in [1.807, 2.05) is 0 Å². The van der Waals surface area contributed by atoms with Gasteiger partial charge in [0.2, 0.25) is 0 Å². The molecule has 1 aromatic rings. The van der Waals surface area contributed by atoms with Gasteiger partial charge in [-0.15, -0.1) is 0 Å². The SMILES string of the molecule is CCN(CC)CC(C)n1c(C)ccc1C. The molecular formula is C13H24N2. The Kier molecular flexibility index (Phi) is 4.40. The van der Waals surface area contributed by atoms with Crippen molar-refractivity contribution in [3.63, 3.8) is 0 Å². The molecule has 0 saturated heterocycles. The summed E-state index contributed by atoms with van der Waals surface area (Å²) in [5.41, 5.74) is 2.74. The highest BCUT2D eigenvalue weighted by molar-refractivity contribution is 5.14. The molecule has 1 rings (SSSR count). The zero-order chi connectivity index (χ0) is 11.4. The monoisotopic (exact) mass is 208 g/mol. The Labute approximate surface area is 93.9 Å². The van der Waals surface area contributed by atoms with E-state index in [1.54, 1.807) is 0 Å². The Hall–Kier alpha value is -0.760. The second kappa shape index (κ2) is 5.36. The van der Waals surface area contributed by atoms with Crippen LogP contribution in [0.5, 0.6) is 0 Å². The highest BCUT2D eigenvalue weighted by Gasteiger charge is 2.11. The normalized spacial score (nSPS) is 13.5. The van der Waals surface area contributed by atoms with Gasteiger partial charge in [-0.05, 0) is 46.0 Å². The molecule has 0 saturated carbocycles. The topological polar surface area (TPSA) is 8.17 Å². The molecule has 0 bridgehead atoms. The van der Waals surface area contributed by atoms with E-state index >= 15 is 0 Å². The van der Waals surface area contributed by atoms with Crippen LogP contribution in [0.2, 0.25) is 0 Å². The van der Waals surface area contributed by atoms with Gasteiger partial charge in [-0.3, -0.25) is 0 Å². The van der Waals surface area contributed by atoms with Crippen molar-refractivity contribution >= 4 is 0 Å². The minimum absolute atomic E-state index is 0.569. The summed E-state index contributed by atoms with van der Waals surface area (Å²) in [6, 6.07) is 4.97. The first-order valence-corrected chi connectivity index (χ1v) is 5.96. The first-order valence-electron chi connectivity index (χ1n) is 5.96. The third-order valence-electron chi connectivity index (χ3n) is 3.18. The lowest BCUT2D eigenvalue weighted by molar-refractivity contribution is 0.259. The van der Waals surface area contributed by atoms with Crippen LogP contribution in [0.3, 0.4) is 0 Å². The predicted octanol–water partition coefficient (Wildman–Crippen LogP) is 3.01. The van der Waals surface area contributed by atoms with E-state index in [1.165, 1.54) is 11.4 Å². The Morgan fingerprint density at radius 2 is 1.60 bits per heavy atom. The number of hydrogen-bond acceptors (Lipinski definition) is 1. The zero-order valence-electron chi connectivity index (χ0n) is 10.7. The van der Waals surface area contributed by atoms with Crippen LogP contribution in [-0.4, -0.2) is 29.1 Å². The van der Waals surface area contributed by atoms with E-state index in [4.69, 9.17) is 0 Å². The molecule has 0 radical (unpaired) electrons. The highest BCUT2D eigenvalue weighted by atomic mass is 15.2. The number of rotatable bonds is 5. The third-order valence-corrected chi connectivity index (χ3v) is 3.18. The number of hydrogen-bond donors (Lipinski definition) is 0. The van der Waals surface area contributed by atoms with Gasteiger partial charge in [-0.2, -0.15) is 0 Å². The summed E-state index contributed by atoms with van der Waals surface area (Å²) in [5.74, 6) is 0. The van der Waals surface area contributed by atoms with Crippen molar-refractivity contribution in [2.45, 2.75) is 40.7 Å². The molecule has 0 spiro atoms. The van der Waals surface area contributed by atoms with Crippen LogP contribution in [0.15, 0.2) is 12.1 Å². The van der Waals surface area contributed by atoms with Crippen molar-refractivity contribution in [3.05, 3.63) is 23.5 Å². The van der Waals surface area contributed by atoms with Gasteiger partial charge in [0.05, 0.1) is 0 Å². The molecule has 1 unspecified atom stereocenters. The maximum absolute atomic E-state index is 2.48. The molecule has 15 heavy (non-hydrogen) atoms. The van der Waals surface area contributed by atoms with Crippen LogP contribution in [0, 0.1) is 13.8 Å². The van der Waals surface area contributed by atoms with Gasteiger partial charge < -0.3 is 9.47 Å². The van der Waals surface area contributed by atoms with Gasteiger partial charge in [0.1, 0.15) is 0 Å². The fourth-order valence-corrected chi connectivity index (χ4v) is 2.31. The van der Waals surface area contributed by atoms with E-state index in [0.717, 1.165) is 19.6 Å². The lowest BCUT2D eigenvalue weighted by Gasteiger charge is -2.25. The molecule has 1 aromatic heterocycles. The van der Waals surface area contributed by atoms with Crippen molar-refractivity contribution in [1.82, 2.24) is 9.47 Å². The quantitative estimate of drug-likeness (QED) is 0.722. The van der Waals surface area contributed by atoms with Gasteiger partial charge in [0, 0.05) is 24.0 Å². The molecule has 0 aliphatic rings. The Balaban J connectivity index is 2.72. The zero-order valence-corrected chi connectivity index (χ0v) is 10.7. The fourth-order valence-electron chi connectivity index (χ4n) is 2.31. The van der Waals surface area contributed by atoms with E-state index in [2.05, 4.69) is 56.2 Å². The van der Waals surface area contributed by atoms with Gasteiger partial charge in [-0.25, -0.2) is 0 Å². The number of aryl methyl sites for hydroxylation is 2. The maximum atomic E-state index is 2.48. The molecule has 86 valence electrons. The van der Waals surface area contributed by atoms with Gasteiger partial charge in [0.25, 0.3) is 0 Å². The van der Waals surface area contributed by atoms with Crippen molar-refractivity contribution in [1.29, 1.82) is 0 Å². The summed E-state index contributed by atoms with van der Waals surface area (Å²) >= 11 is 0. The first-order chi connectivity index (χ1) is 7.10. The Morgan fingerprint density at radius 1 is 1.13 bits per heavy atom.